The molecule has 0 aliphatic carbocycles. The van der Waals surface area contributed by atoms with Crippen LogP contribution in [0.2, 0.25) is 0 Å². The van der Waals surface area contributed by atoms with Crippen molar-refractivity contribution in [1.82, 2.24) is 5.32 Å². The Hall–Kier alpha value is -2.67. The van der Waals surface area contributed by atoms with Crippen LogP contribution in [-0.2, 0) is 6.42 Å². The van der Waals surface area contributed by atoms with E-state index in [1.54, 1.807) is 7.11 Å². The lowest BCUT2D eigenvalue weighted by Crippen LogP contribution is -2.29. The fourth-order valence-corrected chi connectivity index (χ4v) is 3.74. The van der Waals surface area contributed by atoms with Gasteiger partial charge in [-0.1, -0.05) is 30.3 Å². The normalized spacial score (nSPS) is 15.8. The van der Waals surface area contributed by atoms with Crippen LogP contribution < -0.4 is 14.8 Å². The van der Waals surface area contributed by atoms with E-state index < -0.39 is 0 Å². The maximum absolute atomic E-state index is 11.6. The third kappa shape index (κ3) is 3.77. The van der Waals surface area contributed by atoms with Gasteiger partial charge in [-0.25, -0.2) is 0 Å². The molecule has 0 saturated heterocycles. The van der Waals surface area contributed by atoms with E-state index in [1.165, 1.54) is 11.8 Å². The summed E-state index contributed by atoms with van der Waals surface area (Å²) in [6.45, 7) is 0.530. The molecule has 0 radical (unpaired) electrons. The molecule has 3 rings (SSSR count). The fraction of sp³-hybridized carbons (Fsp3) is 0.263. The first-order chi connectivity index (χ1) is 12.6. The molecule has 2 aromatic rings. The van der Waals surface area contributed by atoms with Crippen molar-refractivity contribution in [2.75, 3.05) is 19.9 Å². The van der Waals surface area contributed by atoms with Crippen LogP contribution >= 0.6 is 11.8 Å². The number of fused-ring (bicyclic) bond motifs is 1. The van der Waals surface area contributed by atoms with Crippen molar-refractivity contribution in [3.05, 3.63) is 81.4 Å². The second-order valence-electron chi connectivity index (χ2n) is 5.75. The largest absolute Gasteiger partial charge is 0.497 e. The highest BCUT2D eigenvalue weighted by Crippen LogP contribution is 2.44. The second kappa shape index (κ2) is 8.14. The van der Waals surface area contributed by atoms with E-state index in [1.807, 2.05) is 54.8 Å². The number of ether oxygens (including phenoxy) is 2. The molecule has 0 aromatic heterocycles. The smallest absolute Gasteiger partial charge is 0.323 e. The molecule has 1 aliphatic heterocycles. The predicted molar refractivity (Wildman–Crippen MR) is 102 cm³/mol. The van der Waals surface area contributed by atoms with Gasteiger partial charge in [-0.05, 0) is 36.4 Å². The van der Waals surface area contributed by atoms with Crippen molar-refractivity contribution < 1.29 is 14.4 Å². The number of rotatable bonds is 7. The molecule has 2 aromatic carbocycles. The molecule has 6 nitrogen and oxygen atoms in total. The Morgan fingerprint density at radius 1 is 1.23 bits per heavy atom. The number of nitrogens with zero attached hydrogens (tertiary/aromatic N) is 1. The predicted octanol–water partition coefficient (Wildman–Crippen LogP) is 3.77. The molecule has 1 atom stereocenters. The Morgan fingerprint density at radius 2 is 1.96 bits per heavy atom. The van der Waals surface area contributed by atoms with Crippen molar-refractivity contribution in [2.24, 2.45) is 0 Å². The third-order valence-corrected chi connectivity index (χ3v) is 5.13. The molecule has 0 spiro atoms. The standard InChI is InChI=1S/C19H20N2O4S/c1-24-14-9-7-13(8-10-14)11-12-20-19-17(21(22)23)18(26-2)15-5-3-4-6-16(15)25-19/h3-10,18,20H,11-12H2,1-2H3. The molecular weight excluding hydrogens is 352 g/mol. The van der Waals surface area contributed by atoms with Crippen molar-refractivity contribution in [2.45, 2.75) is 11.7 Å². The van der Waals surface area contributed by atoms with Gasteiger partial charge in [0.2, 0.25) is 0 Å². The summed E-state index contributed by atoms with van der Waals surface area (Å²) in [5.41, 5.74) is 2.00. The van der Waals surface area contributed by atoms with E-state index >= 15 is 0 Å². The summed E-state index contributed by atoms with van der Waals surface area (Å²) >= 11 is 1.43. The zero-order valence-electron chi connectivity index (χ0n) is 14.6. The van der Waals surface area contributed by atoms with Gasteiger partial charge in [0.1, 0.15) is 16.7 Å². The lowest BCUT2D eigenvalue weighted by atomic mass is 10.1. The first kappa shape index (κ1) is 18.1. The van der Waals surface area contributed by atoms with Gasteiger partial charge >= 0.3 is 5.70 Å². The minimum Gasteiger partial charge on any atom is -0.497 e. The van der Waals surface area contributed by atoms with Gasteiger partial charge in [-0.15, -0.1) is 11.8 Å². The summed E-state index contributed by atoms with van der Waals surface area (Å²) in [6.07, 6.45) is 2.58. The molecule has 1 heterocycles. The minimum absolute atomic E-state index is 0.0610. The van der Waals surface area contributed by atoms with Gasteiger partial charge in [-0.2, -0.15) is 0 Å². The van der Waals surface area contributed by atoms with E-state index in [-0.39, 0.29) is 21.8 Å². The van der Waals surface area contributed by atoms with Crippen LogP contribution in [0.3, 0.4) is 0 Å². The zero-order valence-corrected chi connectivity index (χ0v) is 15.4. The summed E-state index contributed by atoms with van der Waals surface area (Å²) in [6, 6.07) is 15.2. The average Bonchev–Trinajstić information content (AvgIpc) is 2.67. The van der Waals surface area contributed by atoms with Crippen LogP contribution in [0.5, 0.6) is 11.5 Å². The molecule has 1 unspecified atom stereocenters. The number of nitro groups is 1. The quantitative estimate of drug-likeness (QED) is 0.589. The Morgan fingerprint density at radius 3 is 2.62 bits per heavy atom. The number of benzene rings is 2. The van der Waals surface area contributed by atoms with E-state index in [0.717, 1.165) is 16.9 Å². The van der Waals surface area contributed by atoms with Crippen LogP contribution in [-0.4, -0.2) is 24.8 Å². The topological polar surface area (TPSA) is 73.6 Å². The highest BCUT2D eigenvalue weighted by molar-refractivity contribution is 7.99. The summed E-state index contributed by atoms with van der Waals surface area (Å²) in [7, 11) is 1.63. The molecule has 136 valence electrons. The van der Waals surface area contributed by atoms with E-state index in [9.17, 15) is 10.1 Å². The van der Waals surface area contributed by atoms with Crippen LogP contribution in [0.1, 0.15) is 16.4 Å². The summed E-state index contributed by atoms with van der Waals surface area (Å²) in [5.74, 6) is 1.68. The first-order valence-electron chi connectivity index (χ1n) is 8.19. The van der Waals surface area contributed by atoms with E-state index in [2.05, 4.69) is 5.32 Å². The van der Waals surface area contributed by atoms with Gasteiger partial charge in [0, 0.05) is 12.1 Å². The lowest BCUT2D eigenvalue weighted by Gasteiger charge is -2.24. The highest BCUT2D eigenvalue weighted by Gasteiger charge is 2.37. The number of para-hydroxylation sites is 1. The SMILES string of the molecule is COc1ccc(CCNC2=C([N+](=O)[O-])C(SC)c3ccccc3O2)cc1. The summed E-state index contributed by atoms with van der Waals surface area (Å²) < 4.78 is 11.0. The first-order valence-corrected chi connectivity index (χ1v) is 9.47. The summed E-state index contributed by atoms with van der Waals surface area (Å²) in [5, 5.41) is 14.4. The van der Waals surface area contributed by atoms with Crippen molar-refractivity contribution in [1.29, 1.82) is 0 Å². The maximum atomic E-state index is 11.6. The number of hydrogen-bond donors (Lipinski definition) is 1. The average molecular weight is 372 g/mol. The van der Waals surface area contributed by atoms with Crippen LogP contribution in [0.15, 0.2) is 60.1 Å². The lowest BCUT2D eigenvalue weighted by molar-refractivity contribution is -0.431. The molecule has 1 aliphatic rings. The van der Waals surface area contributed by atoms with Crippen molar-refractivity contribution in [3.8, 4) is 11.5 Å². The van der Waals surface area contributed by atoms with E-state index in [0.29, 0.717) is 18.7 Å². The Kier molecular flexibility index (Phi) is 5.68. The maximum Gasteiger partial charge on any atom is 0.323 e. The van der Waals surface area contributed by atoms with Gasteiger partial charge in [0.25, 0.3) is 5.88 Å². The number of methoxy groups -OCH3 is 1. The zero-order chi connectivity index (χ0) is 18.5. The molecule has 26 heavy (non-hydrogen) atoms. The Bertz CT molecular complexity index is 821. The second-order valence-corrected chi connectivity index (χ2v) is 6.69. The fourth-order valence-electron chi connectivity index (χ4n) is 2.88. The molecule has 0 amide bonds. The molecule has 0 saturated carbocycles. The minimum atomic E-state index is -0.363. The van der Waals surface area contributed by atoms with E-state index in [4.69, 9.17) is 9.47 Å². The summed E-state index contributed by atoms with van der Waals surface area (Å²) in [4.78, 5) is 11.3. The molecule has 1 N–H and O–H groups in total. The van der Waals surface area contributed by atoms with Crippen LogP contribution in [0.4, 0.5) is 0 Å². The molecule has 0 bridgehead atoms. The van der Waals surface area contributed by atoms with Gasteiger partial charge in [0.15, 0.2) is 0 Å². The van der Waals surface area contributed by atoms with Crippen LogP contribution in [0, 0.1) is 10.1 Å². The Balaban J connectivity index is 1.76. The molecular formula is C19H20N2O4S. The molecule has 7 heteroatoms. The van der Waals surface area contributed by atoms with Gasteiger partial charge in [0.05, 0.1) is 12.0 Å². The van der Waals surface area contributed by atoms with Crippen LogP contribution in [0.25, 0.3) is 0 Å². The molecule has 0 fully saturated rings. The monoisotopic (exact) mass is 372 g/mol. The van der Waals surface area contributed by atoms with Crippen molar-refractivity contribution in [3.63, 3.8) is 0 Å². The number of hydrogen-bond acceptors (Lipinski definition) is 6. The Labute approximate surface area is 156 Å². The van der Waals surface area contributed by atoms with Gasteiger partial charge in [-0.3, -0.25) is 10.1 Å². The number of nitrogens with one attached hydrogen (secondary N) is 1. The van der Waals surface area contributed by atoms with Gasteiger partial charge < -0.3 is 14.8 Å². The highest BCUT2D eigenvalue weighted by atomic mass is 32.2. The number of thioether (sulfide) groups is 1. The third-order valence-electron chi connectivity index (χ3n) is 4.19. The van der Waals surface area contributed by atoms with Crippen molar-refractivity contribution >= 4 is 11.8 Å².